The largest absolute Gasteiger partial charge is 0.309 e. The standard InChI is InChI=1S/3C48H31N/c1-4-16-32(17-5-1)35-28-36(33-18-6-2-7-19-33)30-37(29-35)49-45-27-15-14-26-42(45)47-46-40-24-12-10-22-38(40)43(34-20-8-3-9-21-34)31-44(46)39-23-11-13-25-41(39)48(47)49;1-4-16-32(17-5-1)35-28-29-45(42(30-35)34-20-8-3-9-21-34)49-44-27-15-14-26-40(44)47-46-38-24-12-10-22-36(38)41(33-18-6-2-7-19-33)31-43(46)37-23-11-13-25-39(37)48(47)49;1-3-14-32(15-4-1)33-26-28-34(29-27-33)36-18-13-19-37(30-36)49-45-25-12-11-24-42(45)47-46-40-22-9-7-20-38(40)43(35-16-5-2-6-17-35)31-44(46)39-21-8-10-23-41(39)48(47)49/h3*1-31H. The van der Waals surface area contributed by atoms with Gasteiger partial charge >= 0.3 is 0 Å². The van der Waals surface area contributed by atoms with E-state index in [1.165, 1.54) is 268 Å². The van der Waals surface area contributed by atoms with Gasteiger partial charge in [-0.25, -0.2) is 0 Å². The first-order valence-corrected chi connectivity index (χ1v) is 50.8. The van der Waals surface area contributed by atoms with Gasteiger partial charge in [0, 0.05) is 81.6 Å². The van der Waals surface area contributed by atoms with Crippen molar-refractivity contribution < 1.29 is 0 Å². The third kappa shape index (κ3) is 14.5. The van der Waals surface area contributed by atoms with E-state index >= 15 is 0 Å². The van der Waals surface area contributed by atoms with Crippen LogP contribution in [0.15, 0.2) is 564 Å². The zero-order valence-electron chi connectivity index (χ0n) is 80.5. The minimum atomic E-state index is 1.15. The predicted octanol–water partition coefficient (Wildman–Crippen LogP) is 39.7. The fraction of sp³-hybridized carbons (Fsp3) is 0. The first-order valence-electron chi connectivity index (χ1n) is 50.8. The summed E-state index contributed by atoms with van der Waals surface area (Å²) in [5.74, 6) is 0. The van der Waals surface area contributed by atoms with Gasteiger partial charge < -0.3 is 13.7 Å². The summed E-state index contributed by atoms with van der Waals surface area (Å²) in [5, 5.41) is 30.7. The van der Waals surface area contributed by atoms with Crippen molar-refractivity contribution in [3.8, 4) is 117 Å². The average molecular weight is 1870 g/mol. The summed E-state index contributed by atoms with van der Waals surface area (Å²) in [6.07, 6.45) is 0. The van der Waals surface area contributed by atoms with Crippen molar-refractivity contribution in [2.45, 2.75) is 0 Å². The molecule has 0 amide bonds. The van der Waals surface area contributed by atoms with E-state index in [0.29, 0.717) is 0 Å². The highest BCUT2D eigenvalue weighted by Crippen LogP contribution is 2.54. The number of aromatic nitrogens is 3. The van der Waals surface area contributed by atoms with Crippen LogP contribution in [-0.4, -0.2) is 13.7 Å². The summed E-state index contributed by atoms with van der Waals surface area (Å²) < 4.78 is 7.54. The lowest BCUT2D eigenvalue weighted by atomic mass is 9.88. The molecular formula is C144H93N3. The summed E-state index contributed by atoms with van der Waals surface area (Å²) in [7, 11) is 0. The van der Waals surface area contributed by atoms with Crippen molar-refractivity contribution in [1.29, 1.82) is 0 Å². The highest BCUT2D eigenvalue weighted by molar-refractivity contribution is 6.41. The fourth-order valence-corrected chi connectivity index (χ4v) is 24.0. The van der Waals surface area contributed by atoms with Crippen LogP contribution in [0.2, 0.25) is 0 Å². The summed E-state index contributed by atoms with van der Waals surface area (Å²) in [6, 6.07) is 206. The molecule has 0 aliphatic rings. The normalized spacial score (nSPS) is 11.7. The van der Waals surface area contributed by atoms with E-state index in [0.717, 1.165) is 11.4 Å². The summed E-state index contributed by atoms with van der Waals surface area (Å²) in [4.78, 5) is 0. The van der Waals surface area contributed by atoms with Crippen LogP contribution in [0, 0.1) is 0 Å². The van der Waals surface area contributed by atoms with Crippen LogP contribution in [0.3, 0.4) is 0 Å². The molecule has 3 aromatic heterocycles. The maximum Gasteiger partial charge on any atom is 0.0626 e. The molecule has 3 heterocycles. The van der Waals surface area contributed by atoms with Crippen LogP contribution in [0.25, 0.3) is 280 Å². The van der Waals surface area contributed by atoms with Crippen molar-refractivity contribution >= 4 is 162 Å². The maximum absolute atomic E-state index is 2.53. The third-order valence-corrected chi connectivity index (χ3v) is 30.4. The second-order valence-electron chi connectivity index (χ2n) is 38.6. The van der Waals surface area contributed by atoms with Gasteiger partial charge in [-0.3, -0.25) is 0 Å². The minimum Gasteiger partial charge on any atom is -0.309 e. The van der Waals surface area contributed by atoms with E-state index in [-0.39, 0.29) is 0 Å². The first-order chi connectivity index (χ1) is 73.0. The number of rotatable bonds is 12. The number of para-hydroxylation sites is 3. The van der Waals surface area contributed by atoms with E-state index in [1.54, 1.807) is 0 Å². The minimum absolute atomic E-state index is 1.15. The van der Waals surface area contributed by atoms with E-state index < -0.39 is 0 Å². The molecule has 0 saturated carbocycles. The highest BCUT2D eigenvalue weighted by Gasteiger charge is 2.29. The first kappa shape index (κ1) is 85.6. The number of hydrogen-bond acceptors (Lipinski definition) is 0. The second-order valence-corrected chi connectivity index (χ2v) is 38.6. The van der Waals surface area contributed by atoms with Gasteiger partial charge in [-0.2, -0.15) is 0 Å². The number of benzene rings is 27. The third-order valence-electron chi connectivity index (χ3n) is 30.4. The molecule has 684 valence electrons. The van der Waals surface area contributed by atoms with Gasteiger partial charge in [0.05, 0.1) is 38.8 Å². The molecule has 0 atom stereocenters. The molecule has 27 aromatic carbocycles. The van der Waals surface area contributed by atoms with Crippen molar-refractivity contribution in [3.63, 3.8) is 0 Å². The Bertz CT molecular complexity index is 10400. The van der Waals surface area contributed by atoms with E-state index in [2.05, 4.69) is 578 Å². The van der Waals surface area contributed by atoms with Crippen LogP contribution < -0.4 is 0 Å². The van der Waals surface area contributed by atoms with Gasteiger partial charge in [0.1, 0.15) is 0 Å². The number of hydrogen-bond donors (Lipinski definition) is 0. The molecule has 0 bridgehead atoms. The van der Waals surface area contributed by atoms with Crippen molar-refractivity contribution in [3.05, 3.63) is 564 Å². The van der Waals surface area contributed by atoms with Crippen LogP contribution in [0.1, 0.15) is 0 Å². The lowest BCUT2D eigenvalue weighted by Crippen LogP contribution is -1.99. The van der Waals surface area contributed by atoms with E-state index in [9.17, 15) is 0 Å². The zero-order valence-corrected chi connectivity index (χ0v) is 80.5. The van der Waals surface area contributed by atoms with Crippen LogP contribution in [-0.2, 0) is 0 Å². The molecule has 0 radical (unpaired) electrons. The van der Waals surface area contributed by atoms with Crippen LogP contribution >= 0.6 is 0 Å². The fourth-order valence-electron chi connectivity index (χ4n) is 24.0. The monoisotopic (exact) mass is 1860 g/mol. The highest BCUT2D eigenvalue weighted by atomic mass is 15.0. The molecule has 0 N–H and O–H groups in total. The number of fused-ring (bicyclic) bond motifs is 30. The van der Waals surface area contributed by atoms with Crippen molar-refractivity contribution in [1.82, 2.24) is 13.7 Å². The van der Waals surface area contributed by atoms with Crippen LogP contribution in [0.5, 0.6) is 0 Å². The zero-order chi connectivity index (χ0) is 96.9. The topological polar surface area (TPSA) is 14.8 Å². The Morgan fingerprint density at radius 3 is 0.694 bits per heavy atom. The van der Waals surface area contributed by atoms with Crippen molar-refractivity contribution in [2.24, 2.45) is 0 Å². The summed E-state index contributed by atoms with van der Waals surface area (Å²) in [5.41, 5.74) is 32.8. The van der Waals surface area contributed by atoms with Gasteiger partial charge in [-0.15, -0.1) is 0 Å². The molecule has 147 heavy (non-hydrogen) atoms. The summed E-state index contributed by atoms with van der Waals surface area (Å²) >= 11 is 0. The molecule has 0 aliphatic carbocycles. The Morgan fingerprint density at radius 2 is 0.333 bits per heavy atom. The Hall–Kier alpha value is -19.3. The predicted molar refractivity (Wildman–Crippen MR) is 629 cm³/mol. The molecule has 0 saturated heterocycles. The van der Waals surface area contributed by atoms with E-state index in [4.69, 9.17) is 0 Å². The van der Waals surface area contributed by atoms with Gasteiger partial charge in [0.2, 0.25) is 0 Å². The summed E-state index contributed by atoms with van der Waals surface area (Å²) in [6.45, 7) is 0. The second kappa shape index (κ2) is 36.0. The molecule has 30 rings (SSSR count). The Balaban J connectivity index is 0.000000107. The Kier molecular flexibility index (Phi) is 21.0. The van der Waals surface area contributed by atoms with Gasteiger partial charge in [-0.1, -0.05) is 485 Å². The smallest absolute Gasteiger partial charge is 0.0626 e. The molecule has 3 heteroatoms. The van der Waals surface area contributed by atoms with Crippen LogP contribution in [0.4, 0.5) is 0 Å². The van der Waals surface area contributed by atoms with Gasteiger partial charge in [0.25, 0.3) is 0 Å². The Labute approximate surface area is 851 Å². The van der Waals surface area contributed by atoms with Gasteiger partial charge in [0.15, 0.2) is 0 Å². The quantitative estimate of drug-likeness (QED) is 0.108. The molecule has 30 aromatic rings. The SMILES string of the molecule is c1ccc(-c2cc(-c3ccccc3)cc(-n3c4ccccc4c4c5c6ccccc6c(-c6ccccc6)cc5c5ccccc5c43)c2)cc1.c1ccc(-c2ccc(-c3cccc(-n4c5ccccc5c5c6c7ccccc7c(-c7ccccc7)cc6c6ccccc6c54)c3)cc2)cc1.c1ccc(-c2ccc(-n3c4ccccc4c4c5c6ccccc6c(-c6ccccc6)cc5c5ccccc5c43)c(-c3ccccc3)c2)cc1. The molecule has 0 aliphatic heterocycles. The Morgan fingerprint density at radius 1 is 0.102 bits per heavy atom. The van der Waals surface area contributed by atoms with E-state index in [1.807, 2.05) is 0 Å². The number of nitrogens with zero attached hydrogens (tertiary/aromatic N) is 3. The molecule has 0 unspecified atom stereocenters. The molecular weight excluding hydrogens is 1770 g/mol. The molecule has 0 spiro atoms. The maximum atomic E-state index is 2.53. The van der Waals surface area contributed by atoms with Gasteiger partial charge in [-0.05, 0) is 238 Å². The molecule has 3 nitrogen and oxygen atoms in total. The lowest BCUT2D eigenvalue weighted by molar-refractivity contribution is 1.19. The average Bonchev–Trinajstić information content (AvgIpc) is 1.55. The lowest BCUT2D eigenvalue weighted by Gasteiger charge is -2.18. The molecule has 0 fully saturated rings. The van der Waals surface area contributed by atoms with Crippen molar-refractivity contribution in [2.75, 3.05) is 0 Å².